The Labute approximate surface area is 224 Å². The molecule has 11 heteroatoms. The highest BCUT2D eigenvalue weighted by atomic mass is 35.5. The van der Waals surface area contributed by atoms with Gasteiger partial charge in [-0.15, -0.1) is 0 Å². The fourth-order valence-corrected chi connectivity index (χ4v) is 4.49. The number of halogens is 1. The minimum atomic E-state index is -0.599. The first-order chi connectivity index (χ1) is 17.6. The summed E-state index contributed by atoms with van der Waals surface area (Å²) in [5, 5.41) is 2.28. The number of nitrogens with one attached hydrogen (secondary N) is 1. The Balaban J connectivity index is 1.70. The summed E-state index contributed by atoms with van der Waals surface area (Å²) in [4.78, 5) is 50.4. The number of imide groups is 1. The molecule has 0 bridgehead atoms. The van der Waals surface area contributed by atoms with E-state index in [2.05, 4.69) is 19.2 Å². The Morgan fingerprint density at radius 1 is 1.16 bits per heavy atom. The Hall–Kier alpha value is -3.50. The fraction of sp³-hybridized carbons (Fsp3) is 0.308. The lowest BCUT2D eigenvalue weighted by atomic mass is 10.0. The summed E-state index contributed by atoms with van der Waals surface area (Å²) in [6.45, 7) is 5.26. The topological polar surface area (TPSA) is 111 Å². The number of hydrogen-bond donors (Lipinski definition) is 1. The van der Waals surface area contributed by atoms with Crippen molar-refractivity contribution in [2.75, 3.05) is 32.2 Å². The van der Waals surface area contributed by atoms with E-state index < -0.39 is 29.6 Å². The third-order valence-corrected chi connectivity index (χ3v) is 6.41. The number of carbonyl (C=O) groups is 4. The number of methoxy groups -OCH3 is 1. The molecule has 0 spiro atoms. The molecule has 2 aromatic rings. The number of esters is 1. The normalized spacial score (nSPS) is 14.3. The Morgan fingerprint density at radius 2 is 1.86 bits per heavy atom. The molecule has 1 heterocycles. The number of carbonyl (C=O) groups excluding carboxylic acids is 4. The lowest BCUT2D eigenvalue weighted by molar-refractivity contribution is -0.145. The number of nitrogens with zero attached hydrogens (tertiary/aromatic N) is 1. The zero-order chi connectivity index (χ0) is 27.1. The first kappa shape index (κ1) is 28.1. The van der Waals surface area contributed by atoms with E-state index in [1.807, 2.05) is 12.1 Å². The summed E-state index contributed by atoms with van der Waals surface area (Å²) >= 11 is 7.03. The molecule has 37 heavy (non-hydrogen) atoms. The van der Waals surface area contributed by atoms with Gasteiger partial charge in [0.15, 0.2) is 18.1 Å². The number of thioether (sulfide) groups is 1. The van der Waals surface area contributed by atoms with E-state index in [1.54, 1.807) is 25.1 Å². The van der Waals surface area contributed by atoms with Crippen molar-refractivity contribution in [3.8, 4) is 11.5 Å². The molecule has 1 fully saturated rings. The summed E-state index contributed by atoms with van der Waals surface area (Å²) in [5.41, 5.74) is 2.17. The van der Waals surface area contributed by atoms with E-state index in [0.29, 0.717) is 28.9 Å². The molecule has 0 saturated carbocycles. The molecule has 0 unspecified atom stereocenters. The fourth-order valence-electron chi connectivity index (χ4n) is 3.38. The highest BCUT2D eigenvalue weighted by Crippen LogP contribution is 2.39. The molecule has 1 aliphatic heterocycles. The van der Waals surface area contributed by atoms with Crippen LogP contribution >= 0.6 is 23.4 Å². The first-order valence-corrected chi connectivity index (χ1v) is 12.6. The van der Waals surface area contributed by atoms with E-state index in [-0.39, 0.29) is 34.6 Å². The van der Waals surface area contributed by atoms with Crippen LogP contribution in [0.5, 0.6) is 11.5 Å². The number of ether oxygens (including phenoxy) is 3. The highest BCUT2D eigenvalue weighted by Gasteiger charge is 2.36. The maximum absolute atomic E-state index is 12.9. The first-order valence-electron chi connectivity index (χ1n) is 11.4. The van der Waals surface area contributed by atoms with Crippen LogP contribution in [0.4, 0.5) is 10.5 Å². The number of anilines is 1. The van der Waals surface area contributed by atoms with Gasteiger partial charge in [0, 0.05) is 5.69 Å². The van der Waals surface area contributed by atoms with Gasteiger partial charge in [-0.1, -0.05) is 37.6 Å². The summed E-state index contributed by atoms with van der Waals surface area (Å²) < 4.78 is 15.6. The number of amides is 3. The molecule has 1 N–H and O–H groups in total. The average molecular weight is 547 g/mol. The van der Waals surface area contributed by atoms with E-state index in [9.17, 15) is 19.2 Å². The van der Waals surface area contributed by atoms with Crippen LogP contribution in [0.3, 0.4) is 0 Å². The molecule has 1 aliphatic rings. The van der Waals surface area contributed by atoms with Crippen LogP contribution in [0.2, 0.25) is 5.02 Å². The SMILES string of the molecule is CCOC(=O)COc1c(Cl)cc(/C=C2\SC(=O)N(CC(=O)Nc3ccc(C(C)C)cc3)C2=O)cc1OC. The molecule has 196 valence electrons. The summed E-state index contributed by atoms with van der Waals surface area (Å²) in [7, 11) is 1.40. The van der Waals surface area contributed by atoms with Gasteiger partial charge in [-0.25, -0.2) is 4.79 Å². The second kappa shape index (κ2) is 12.6. The molecule has 3 rings (SSSR count). The van der Waals surface area contributed by atoms with Gasteiger partial charge in [0.2, 0.25) is 5.91 Å². The molecule has 1 saturated heterocycles. The summed E-state index contributed by atoms with van der Waals surface area (Å²) in [5.74, 6) is -0.928. The lowest BCUT2D eigenvalue weighted by Crippen LogP contribution is -2.36. The van der Waals surface area contributed by atoms with Crippen molar-refractivity contribution in [1.29, 1.82) is 0 Å². The molecular weight excluding hydrogens is 520 g/mol. The monoisotopic (exact) mass is 546 g/mol. The maximum atomic E-state index is 12.9. The lowest BCUT2D eigenvalue weighted by Gasteiger charge is -2.13. The number of rotatable bonds is 10. The zero-order valence-corrected chi connectivity index (χ0v) is 22.4. The van der Waals surface area contributed by atoms with Crippen molar-refractivity contribution >= 4 is 58.1 Å². The molecule has 0 aromatic heterocycles. The van der Waals surface area contributed by atoms with Gasteiger partial charge >= 0.3 is 5.97 Å². The van der Waals surface area contributed by atoms with Crippen LogP contribution in [-0.2, 0) is 19.1 Å². The molecular formula is C26H27ClN2O7S. The Bertz CT molecular complexity index is 1230. The van der Waals surface area contributed by atoms with Crippen LogP contribution in [0.1, 0.15) is 37.8 Å². The standard InChI is InChI=1S/C26H27ClN2O7S/c1-5-35-23(31)14-36-24-19(27)10-16(11-20(24)34-4)12-21-25(32)29(26(33)37-21)13-22(30)28-18-8-6-17(7-9-18)15(2)3/h6-12,15H,5,13-14H2,1-4H3,(H,28,30)/b21-12-. The van der Waals surface area contributed by atoms with Gasteiger partial charge in [-0.2, -0.15) is 0 Å². The molecule has 9 nitrogen and oxygen atoms in total. The van der Waals surface area contributed by atoms with Crippen molar-refractivity contribution in [2.45, 2.75) is 26.7 Å². The summed E-state index contributed by atoms with van der Waals surface area (Å²) in [6.07, 6.45) is 1.47. The van der Waals surface area contributed by atoms with E-state index in [1.165, 1.54) is 19.3 Å². The third kappa shape index (κ3) is 7.27. The van der Waals surface area contributed by atoms with E-state index in [4.69, 9.17) is 25.8 Å². The molecule has 0 radical (unpaired) electrons. The predicted molar refractivity (Wildman–Crippen MR) is 142 cm³/mol. The van der Waals surface area contributed by atoms with Crippen molar-refractivity contribution in [3.63, 3.8) is 0 Å². The van der Waals surface area contributed by atoms with Gasteiger partial charge in [0.05, 0.1) is 23.6 Å². The van der Waals surface area contributed by atoms with Crippen LogP contribution in [0.15, 0.2) is 41.3 Å². The summed E-state index contributed by atoms with van der Waals surface area (Å²) in [6, 6.07) is 10.4. The number of hydrogen-bond acceptors (Lipinski definition) is 8. The van der Waals surface area contributed by atoms with E-state index >= 15 is 0 Å². The quantitative estimate of drug-likeness (QED) is 0.324. The predicted octanol–water partition coefficient (Wildman–Crippen LogP) is 5.09. The largest absolute Gasteiger partial charge is 0.493 e. The van der Waals surface area contributed by atoms with Crippen LogP contribution in [0.25, 0.3) is 6.08 Å². The van der Waals surface area contributed by atoms with Gasteiger partial charge in [0.1, 0.15) is 6.54 Å². The van der Waals surface area contributed by atoms with Gasteiger partial charge in [-0.05, 0) is 66.1 Å². The number of benzene rings is 2. The second-order valence-electron chi connectivity index (χ2n) is 8.22. The Morgan fingerprint density at radius 3 is 2.49 bits per heavy atom. The minimum Gasteiger partial charge on any atom is -0.493 e. The van der Waals surface area contributed by atoms with Gasteiger partial charge in [0.25, 0.3) is 11.1 Å². The van der Waals surface area contributed by atoms with Crippen LogP contribution in [0, 0.1) is 0 Å². The molecule has 3 amide bonds. The minimum absolute atomic E-state index is 0.123. The van der Waals surface area contributed by atoms with Crippen LogP contribution < -0.4 is 14.8 Å². The van der Waals surface area contributed by atoms with Gasteiger partial charge in [-0.3, -0.25) is 19.3 Å². The van der Waals surface area contributed by atoms with E-state index in [0.717, 1.165) is 10.5 Å². The zero-order valence-electron chi connectivity index (χ0n) is 20.8. The highest BCUT2D eigenvalue weighted by molar-refractivity contribution is 8.18. The second-order valence-corrected chi connectivity index (χ2v) is 9.62. The van der Waals surface area contributed by atoms with Crippen molar-refractivity contribution in [1.82, 2.24) is 4.90 Å². The molecule has 0 aliphatic carbocycles. The molecule has 2 aromatic carbocycles. The third-order valence-electron chi connectivity index (χ3n) is 5.23. The van der Waals surface area contributed by atoms with Crippen molar-refractivity contribution in [3.05, 3.63) is 57.5 Å². The average Bonchev–Trinajstić information content (AvgIpc) is 3.10. The van der Waals surface area contributed by atoms with Gasteiger partial charge < -0.3 is 19.5 Å². The molecule has 0 atom stereocenters. The maximum Gasteiger partial charge on any atom is 0.344 e. The Kier molecular flexibility index (Phi) is 9.60. The smallest absolute Gasteiger partial charge is 0.344 e. The van der Waals surface area contributed by atoms with Crippen molar-refractivity contribution in [2.24, 2.45) is 0 Å². The van der Waals surface area contributed by atoms with Crippen molar-refractivity contribution < 1.29 is 33.4 Å². The van der Waals surface area contributed by atoms with Crippen LogP contribution in [-0.4, -0.2) is 54.8 Å².